The maximum atomic E-state index is 12.7. The highest BCUT2D eigenvalue weighted by atomic mass is 19.1. The van der Waals surface area contributed by atoms with Gasteiger partial charge in [0.1, 0.15) is 5.82 Å². The average molecular weight is 224 g/mol. The minimum atomic E-state index is -0.655. The predicted octanol–water partition coefficient (Wildman–Crippen LogP) is 2.30. The largest absolute Gasteiger partial charge is 0.389 e. The van der Waals surface area contributed by atoms with Crippen molar-refractivity contribution in [3.8, 4) is 0 Å². The molecule has 0 saturated heterocycles. The second-order valence-electron chi connectivity index (χ2n) is 4.51. The van der Waals surface area contributed by atoms with Crippen LogP contribution in [-0.4, -0.2) is 23.4 Å². The van der Waals surface area contributed by atoms with Gasteiger partial charge in [0, 0.05) is 25.9 Å². The Kier molecular flexibility index (Phi) is 3.26. The highest BCUT2D eigenvalue weighted by molar-refractivity contribution is 5.19. The molecule has 0 bridgehead atoms. The Bertz CT molecular complexity index is 341. The third-order valence-electron chi connectivity index (χ3n) is 3.06. The van der Waals surface area contributed by atoms with Crippen molar-refractivity contribution in [3.63, 3.8) is 0 Å². The van der Waals surface area contributed by atoms with E-state index in [1.54, 1.807) is 12.1 Å². The monoisotopic (exact) mass is 224 g/mol. The summed E-state index contributed by atoms with van der Waals surface area (Å²) in [6.07, 6.45) is 2.13. The Labute approximate surface area is 95.1 Å². The van der Waals surface area contributed by atoms with Crippen molar-refractivity contribution in [2.75, 3.05) is 6.61 Å². The lowest BCUT2D eigenvalue weighted by atomic mass is 9.73. The zero-order valence-electron chi connectivity index (χ0n) is 9.45. The molecule has 0 amide bonds. The number of benzene rings is 1. The smallest absolute Gasteiger partial charge is 0.123 e. The molecule has 1 fully saturated rings. The quantitative estimate of drug-likeness (QED) is 0.850. The Morgan fingerprint density at radius 2 is 2.00 bits per heavy atom. The molecule has 16 heavy (non-hydrogen) atoms. The Morgan fingerprint density at radius 3 is 2.56 bits per heavy atom. The van der Waals surface area contributed by atoms with Gasteiger partial charge in [-0.1, -0.05) is 12.1 Å². The van der Waals surface area contributed by atoms with E-state index in [9.17, 15) is 9.50 Å². The number of ether oxygens (including phenoxy) is 1. The number of aliphatic hydroxyl groups is 1. The molecule has 0 unspecified atom stereocenters. The summed E-state index contributed by atoms with van der Waals surface area (Å²) in [6.45, 7) is 2.65. The Balaban J connectivity index is 1.89. The molecule has 0 atom stereocenters. The van der Waals surface area contributed by atoms with E-state index < -0.39 is 5.60 Å². The second kappa shape index (κ2) is 4.52. The molecule has 2 nitrogen and oxygen atoms in total. The molecule has 1 aliphatic rings. The van der Waals surface area contributed by atoms with Crippen LogP contribution in [0.1, 0.15) is 25.3 Å². The first-order valence-electron chi connectivity index (χ1n) is 5.70. The lowest BCUT2D eigenvalue weighted by molar-refractivity contribution is -0.136. The Hall–Kier alpha value is -0.930. The molecule has 1 aliphatic carbocycles. The average Bonchev–Trinajstić information content (AvgIpc) is 2.20. The van der Waals surface area contributed by atoms with Crippen molar-refractivity contribution >= 4 is 0 Å². The molecule has 1 saturated carbocycles. The molecule has 1 N–H and O–H groups in total. The molecular weight excluding hydrogens is 207 g/mol. The van der Waals surface area contributed by atoms with Gasteiger partial charge in [0.05, 0.1) is 11.7 Å². The van der Waals surface area contributed by atoms with Crippen LogP contribution in [0.5, 0.6) is 0 Å². The normalized spacial score (nSPS) is 28.8. The van der Waals surface area contributed by atoms with E-state index in [4.69, 9.17) is 4.74 Å². The van der Waals surface area contributed by atoms with Crippen molar-refractivity contribution in [2.24, 2.45) is 0 Å². The molecule has 1 aromatic carbocycles. The minimum Gasteiger partial charge on any atom is -0.389 e. The van der Waals surface area contributed by atoms with Gasteiger partial charge in [0.15, 0.2) is 0 Å². The molecule has 0 spiro atoms. The molecule has 0 aliphatic heterocycles. The van der Waals surface area contributed by atoms with Crippen LogP contribution in [0.25, 0.3) is 0 Å². The van der Waals surface area contributed by atoms with E-state index in [0.29, 0.717) is 25.9 Å². The first-order valence-corrected chi connectivity index (χ1v) is 5.70. The van der Waals surface area contributed by atoms with Gasteiger partial charge in [-0.15, -0.1) is 0 Å². The molecule has 1 aromatic rings. The lowest BCUT2D eigenvalue weighted by Gasteiger charge is -2.43. The predicted molar refractivity (Wildman–Crippen MR) is 59.7 cm³/mol. The highest BCUT2D eigenvalue weighted by Crippen LogP contribution is 2.37. The van der Waals surface area contributed by atoms with Gasteiger partial charge in [-0.25, -0.2) is 4.39 Å². The molecular formula is C13H17FO2. The lowest BCUT2D eigenvalue weighted by Crippen LogP contribution is -2.49. The van der Waals surface area contributed by atoms with Gasteiger partial charge >= 0.3 is 0 Å². The van der Waals surface area contributed by atoms with Gasteiger partial charge in [0.2, 0.25) is 0 Å². The van der Waals surface area contributed by atoms with Crippen LogP contribution in [0.4, 0.5) is 4.39 Å². The zero-order chi connectivity index (χ0) is 11.6. The van der Waals surface area contributed by atoms with Gasteiger partial charge in [-0.2, -0.15) is 0 Å². The van der Waals surface area contributed by atoms with Crippen LogP contribution >= 0.6 is 0 Å². The fourth-order valence-corrected chi connectivity index (χ4v) is 2.27. The van der Waals surface area contributed by atoms with Crippen molar-refractivity contribution in [2.45, 2.75) is 37.9 Å². The highest BCUT2D eigenvalue weighted by Gasteiger charge is 2.42. The fourth-order valence-electron chi connectivity index (χ4n) is 2.27. The van der Waals surface area contributed by atoms with Crippen LogP contribution < -0.4 is 0 Å². The summed E-state index contributed by atoms with van der Waals surface area (Å²) in [7, 11) is 0. The molecule has 3 heteroatoms. The van der Waals surface area contributed by atoms with E-state index in [1.807, 2.05) is 6.92 Å². The van der Waals surface area contributed by atoms with Crippen molar-refractivity contribution in [1.82, 2.24) is 0 Å². The van der Waals surface area contributed by atoms with Crippen LogP contribution in [0, 0.1) is 5.82 Å². The Morgan fingerprint density at radius 1 is 1.38 bits per heavy atom. The van der Waals surface area contributed by atoms with Crippen molar-refractivity contribution in [1.29, 1.82) is 0 Å². The summed E-state index contributed by atoms with van der Waals surface area (Å²) in [6, 6.07) is 6.30. The van der Waals surface area contributed by atoms with E-state index >= 15 is 0 Å². The third-order valence-corrected chi connectivity index (χ3v) is 3.06. The van der Waals surface area contributed by atoms with E-state index in [2.05, 4.69) is 0 Å². The van der Waals surface area contributed by atoms with Gasteiger partial charge < -0.3 is 9.84 Å². The van der Waals surface area contributed by atoms with E-state index in [-0.39, 0.29) is 11.9 Å². The van der Waals surface area contributed by atoms with Crippen LogP contribution in [-0.2, 0) is 11.2 Å². The van der Waals surface area contributed by atoms with Crippen LogP contribution in [0.3, 0.4) is 0 Å². The van der Waals surface area contributed by atoms with Crippen molar-refractivity contribution in [3.05, 3.63) is 35.6 Å². The van der Waals surface area contributed by atoms with Crippen LogP contribution in [0.2, 0.25) is 0 Å². The molecule has 2 rings (SSSR count). The standard InChI is InChI=1S/C13H17FO2/c1-2-16-12-8-13(15,9-12)7-10-3-5-11(14)6-4-10/h3-6,12,15H,2,7-9H2,1H3. The van der Waals surface area contributed by atoms with Gasteiger partial charge in [0.25, 0.3) is 0 Å². The second-order valence-corrected chi connectivity index (χ2v) is 4.51. The first-order chi connectivity index (χ1) is 7.61. The summed E-state index contributed by atoms with van der Waals surface area (Å²) >= 11 is 0. The third kappa shape index (κ3) is 2.60. The zero-order valence-corrected chi connectivity index (χ0v) is 9.45. The topological polar surface area (TPSA) is 29.5 Å². The molecule has 0 aromatic heterocycles. The van der Waals surface area contributed by atoms with E-state index in [1.165, 1.54) is 12.1 Å². The number of hydrogen-bond acceptors (Lipinski definition) is 2. The maximum Gasteiger partial charge on any atom is 0.123 e. The number of rotatable bonds is 4. The van der Waals surface area contributed by atoms with Crippen LogP contribution in [0.15, 0.2) is 24.3 Å². The first kappa shape index (κ1) is 11.6. The molecule has 0 radical (unpaired) electrons. The molecule has 0 heterocycles. The van der Waals surface area contributed by atoms with Gasteiger partial charge in [-0.3, -0.25) is 0 Å². The summed E-state index contributed by atoms with van der Waals surface area (Å²) in [4.78, 5) is 0. The SMILES string of the molecule is CCOC1CC(O)(Cc2ccc(F)cc2)C1. The fraction of sp³-hybridized carbons (Fsp3) is 0.538. The summed E-state index contributed by atoms with van der Waals surface area (Å²) in [5.74, 6) is -0.239. The minimum absolute atomic E-state index is 0.190. The van der Waals surface area contributed by atoms with E-state index in [0.717, 1.165) is 5.56 Å². The number of halogens is 1. The van der Waals surface area contributed by atoms with Crippen molar-refractivity contribution < 1.29 is 14.2 Å². The van der Waals surface area contributed by atoms with Gasteiger partial charge in [-0.05, 0) is 24.6 Å². The summed E-state index contributed by atoms with van der Waals surface area (Å²) in [5.41, 5.74) is 0.316. The summed E-state index contributed by atoms with van der Waals surface area (Å²) in [5, 5.41) is 10.2. The number of hydrogen-bond donors (Lipinski definition) is 1. The summed E-state index contributed by atoms with van der Waals surface area (Å²) < 4.78 is 18.1. The molecule has 88 valence electrons. The maximum absolute atomic E-state index is 12.7.